The molecule has 0 aliphatic carbocycles. The molecule has 0 heterocycles. The van der Waals surface area contributed by atoms with E-state index in [1.165, 1.54) is 0 Å². The van der Waals surface area contributed by atoms with E-state index in [-0.39, 0.29) is 5.78 Å². The van der Waals surface area contributed by atoms with Gasteiger partial charge in [0.1, 0.15) is 0 Å². The van der Waals surface area contributed by atoms with Gasteiger partial charge in [0.2, 0.25) is 0 Å². The van der Waals surface area contributed by atoms with Crippen LogP contribution in [-0.4, -0.2) is 39.5 Å². The Morgan fingerprint density at radius 3 is 1.50 bits per heavy atom. The topological polar surface area (TPSA) is 17.1 Å². The first-order valence-electron chi connectivity index (χ1n) is 4.81. The second-order valence-corrected chi connectivity index (χ2v) is 5.39. The van der Waals surface area contributed by atoms with E-state index < -0.39 is 0 Å². The Morgan fingerprint density at radius 1 is 0.750 bits per heavy atom. The Balaban J connectivity index is 2.48. The molecule has 2 aromatic rings. The molecule has 0 aliphatic rings. The number of hydrogen-bond acceptors (Lipinski definition) is 1. The summed E-state index contributed by atoms with van der Waals surface area (Å²) in [5.74, 6) is 0.0763. The van der Waals surface area contributed by atoms with Crippen molar-refractivity contribution in [2.24, 2.45) is 0 Å². The van der Waals surface area contributed by atoms with Crippen LogP contribution in [0.1, 0.15) is 15.9 Å². The molecule has 0 aliphatic heterocycles. The Bertz CT molecular complexity index is 487. The summed E-state index contributed by atoms with van der Waals surface area (Å²) in [4.78, 5) is 12.3. The van der Waals surface area contributed by atoms with Crippen molar-refractivity contribution in [1.82, 2.24) is 0 Å². The molecule has 3 heteroatoms. The van der Waals surface area contributed by atoms with Gasteiger partial charge in [0.05, 0.1) is 0 Å². The van der Waals surface area contributed by atoms with Crippen molar-refractivity contribution in [1.29, 1.82) is 0 Å². The van der Waals surface area contributed by atoms with Crippen LogP contribution >= 0.6 is 0 Å². The summed E-state index contributed by atoms with van der Waals surface area (Å²) in [6, 6.07) is 15.2. The molecule has 0 unspecified atom stereocenters. The van der Waals surface area contributed by atoms with E-state index in [0.29, 0.717) is 0 Å². The standard InChI is InChI=1S/C13H8As2O/c14-11-7-3-1-5-9(11)13(16)10-6-2-4-8-12(10)15/h1-8H. The van der Waals surface area contributed by atoms with Gasteiger partial charge in [0.15, 0.2) is 0 Å². The molecular weight excluding hydrogens is 322 g/mol. The van der Waals surface area contributed by atoms with Gasteiger partial charge in [-0.15, -0.1) is 0 Å². The molecular formula is C13H8As2O. The second-order valence-electron chi connectivity index (χ2n) is 3.36. The number of benzene rings is 2. The molecule has 2 aromatic carbocycles. The minimum atomic E-state index is 0.0763. The molecule has 0 fully saturated rings. The van der Waals surface area contributed by atoms with E-state index in [4.69, 9.17) is 0 Å². The number of ketones is 1. The second kappa shape index (κ2) is 5.04. The van der Waals surface area contributed by atoms with Crippen LogP contribution in [0.4, 0.5) is 0 Å². The predicted octanol–water partition coefficient (Wildman–Crippen LogP) is 0.505. The third-order valence-electron chi connectivity index (χ3n) is 2.30. The molecule has 2 rings (SSSR count). The number of carbonyl (C=O) groups is 1. The van der Waals surface area contributed by atoms with Gasteiger partial charge < -0.3 is 0 Å². The molecule has 76 valence electrons. The van der Waals surface area contributed by atoms with Crippen molar-refractivity contribution in [2.45, 2.75) is 0 Å². The molecule has 4 radical (unpaired) electrons. The zero-order valence-electron chi connectivity index (χ0n) is 8.42. The summed E-state index contributed by atoms with van der Waals surface area (Å²) in [5, 5.41) is 0. The molecule has 0 amide bonds. The molecule has 0 saturated carbocycles. The minimum absolute atomic E-state index is 0.0763. The fourth-order valence-electron chi connectivity index (χ4n) is 1.48. The van der Waals surface area contributed by atoms with Gasteiger partial charge >= 0.3 is 113 Å². The average molecular weight is 330 g/mol. The quantitative estimate of drug-likeness (QED) is 0.579. The monoisotopic (exact) mass is 330 g/mol. The van der Waals surface area contributed by atoms with Crippen molar-refractivity contribution in [3.8, 4) is 0 Å². The third-order valence-corrected chi connectivity index (χ3v) is 3.93. The Morgan fingerprint density at radius 2 is 1.12 bits per heavy atom. The maximum atomic E-state index is 12.3. The molecule has 0 saturated heterocycles. The van der Waals surface area contributed by atoms with Crippen LogP contribution in [-0.2, 0) is 0 Å². The van der Waals surface area contributed by atoms with Gasteiger partial charge in [0, 0.05) is 0 Å². The maximum absolute atomic E-state index is 12.3. The van der Waals surface area contributed by atoms with Crippen molar-refractivity contribution in [3.63, 3.8) is 0 Å². The number of hydrogen-bond donors (Lipinski definition) is 0. The first kappa shape index (κ1) is 11.7. The van der Waals surface area contributed by atoms with Gasteiger partial charge in [0.25, 0.3) is 0 Å². The molecule has 0 atom stereocenters. The van der Waals surface area contributed by atoms with Gasteiger partial charge in [-0.05, 0) is 0 Å². The predicted molar refractivity (Wildman–Crippen MR) is 67.1 cm³/mol. The van der Waals surface area contributed by atoms with E-state index in [0.717, 1.165) is 19.8 Å². The van der Waals surface area contributed by atoms with Crippen LogP contribution in [0.3, 0.4) is 0 Å². The summed E-state index contributed by atoms with van der Waals surface area (Å²) in [5.41, 5.74) is 1.50. The zero-order valence-corrected chi connectivity index (χ0v) is 12.2. The zero-order chi connectivity index (χ0) is 11.5. The fraction of sp³-hybridized carbons (Fsp3) is 0. The fourth-order valence-corrected chi connectivity index (χ4v) is 2.58. The van der Waals surface area contributed by atoms with Crippen molar-refractivity contribution < 1.29 is 4.79 Å². The van der Waals surface area contributed by atoms with Crippen LogP contribution in [0, 0.1) is 0 Å². The van der Waals surface area contributed by atoms with E-state index in [9.17, 15) is 4.79 Å². The number of carbonyl (C=O) groups excluding carboxylic acids is 1. The van der Waals surface area contributed by atoms with Crippen molar-refractivity contribution >= 4 is 48.2 Å². The Kier molecular flexibility index (Phi) is 3.69. The van der Waals surface area contributed by atoms with Crippen LogP contribution < -0.4 is 8.70 Å². The van der Waals surface area contributed by atoms with Gasteiger partial charge in [-0.25, -0.2) is 0 Å². The van der Waals surface area contributed by atoms with Crippen LogP contribution in [0.2, 0.25) is 0 Å². The SMILES string of the molecule is O=C(c1ccccc1[As])c1ccccc1[As]. The van der Waals surface area contributed by atoms with E-state index >= 15 is 0 Å². The van der Waals surface area contributed by atoms with E-state index in [2.05, 4.69) is 33.7 Å². The molecule has 0 bridgehead atoms. The van der Waals surface area contributed by atoms with Gasteiger partial charge in [-0.2, -0.15) is 0 Å². The summed E-state index contributed by atoms with van der Waals surface area (Å²) >= 11 is 4.87. The van der Waals surface area contributed by atoms with Crippen LogP contribution in [0.25, 0.3) is 0 Å². The molecule has 16 heavy (non-hydrogen) atoms. The normalized spacial score (nSPS) is 10.1. The van der Waals surface area contributed by atoms with E-state index in [1.54, 1.807) is 0 Å². The van der Waals surface area contributed by atoms with Crippen LogP contribution in [0.15, 0.2) is 48.5 Å². The first-order valence-corrected chi connectivity index (χ1v) is 6.68. The molecule has 1 nitrogen and oxygen atoms in total. The number of rotatable bonds is 2. The average Bonchev–Trinajstić information content (AvgIpc) is 2.29. The molecule has 0 aromatic heterocycles. The summed E-state index contributed by atoms with van der Waals surface area (Å²) in [6.45, 7) is 0. The summed E-state index contributed by atoms with van der Waals surface area (Å²) in [7, 11) is 0. The Labute approximate surface area is 112 Å². The molecule has 0 N–H and O–H groups in total. The van der Waals surface area contributed by atoms with Crippen molar-refractivity contribution in [2.75, 3.05) is 0 Å². The third kappa shape index (κ3) is 2.31. The van der Waals surface area contributed by atoms with E-state index in [1.807, 2.05) is 48.5 Å². The Hall–Kier alpha value is -0.773. The van der Waals surface area contributed by atoms with Gasteiger partial charge in [-0.1, -0.05) is 0 Å². The van der Waals surface area contributed by atoms with Crippen LogP contribution in [0.5, 0.6) is 0 Å². The molecule has 0 spiro atoms. The first-order chi connectivity index (χ1) is 7.70. The summed E-state index contributed by atoms with van der Waals surface area (Å²) in [6.07, 6.45) is 0. The summed E-state index contributed by atoms with van der Waals surface area (Å²) < 4.78 is 1.91. The van der Waals surface area contributed by atoms with Gasteiger partial charge in [-0.3, -0.25) is 0 Å². The van der Waals surface area contributed by atoms with Crippen molar-refractivity contribution in [3.05, 3.63) is 59.7 Å².